The van der Waals surface area contributed by atoms with Crippen molar-refractivity contribution in [1.29, 1.82) is 0 Å². The van der Waals surface area contributed by atoms with Crippen molar-refractivity contribution >= 4 is 26.8 Å². The van der Waals surface area contributed by atoms with Crippen LogP contribution in [-0.2, 0) is 16.6 Å². The van der Waals surface area contributed by atoms with Gasteiger partial charge in [0, 0.05) is 25.2 Å². The lowest BCUT2D eigenvalue weighted by atomic mass is 10.1. The molecule has 0 aliphatic heterocycles. The molecule has 3 rings (SSSR count). The van der Waals surface area contributed by atoms with Crippen LogP contribution in [0, 0.1) is 0 Å². The Hall–Kier alpha value is -2.98. The third kappa shape index (κ3) is 4.22. The van der Waals surface area contributed by atoms with E-state index >= 15 is 0 Å². The van der Waals surface area contributed by atoms with Crippen LogP contribution in [0.4, 0.5) is 0 Å². The number of fused-ring (bicyclic) bond motifs is 1. The van der Waals surface area contributed by atoms with Gasteiger partial charge in [-0.1, -0.05) is 4.85 Å². The Balaban J connectivity index is 1.93. The number of ketones is 1. The standard InChI is InChI=1S/C19H22N4O5S/c1-5-27-19-9-6-14(13(2)24)10-15(19)12-28-23-18-11-16(29(25,26)22(3)4)7-8-17(18)20-21-23/h6-11H,5,12H2,1-4H3. The number of ether oxygens (including phenoxy) is 1. The van der Waals surface area contributed by atoms with Gasteiger partial charge in [0.25, 0.3) is 0 Å². The average molecular weight is 418 g/mol. The molecule has 0 N–H and O–H groups in total. The lowest BCUT2D eigenvalue weighted by Crippen LogP contribution is -2.22. The van der Waals surface area contributed by atoms with Gasteiger partial charge < -0.3 is 9.57 Å². The summed E-state index contributed by atoms with van der Waals surface area (Å²) in [4.78, 5) is 18.7. The summed E-state index contributed by atoms with van der Waals surface area (Å²) in [7, 11) is -0.686. The molecule has 0 saturated heterocycles. The average Bonchev–Trinajstić information content (AvgIpc) is 3.09. The number of aromatic nitrogens is 3. The smallest absolute Gasteiger partial charge is 0.242 e. The molecule has 2 aromatic carbocycles. The molecule has 1 aromatic heterocycles. The predicted molar refractivity (Wildman–Crippen MR) is 106 cm³/mol. The molecule has 154 valence electrons. The van der Waals surface area contributed by atoms with Crippen LogP contribution in [0.5, 0.6) is 5.75 Å². The lowest BCUT2D eigenvalue weighted by molar-refractivity contribution is 0.0734. The second-order valence-corrected chi connectivity index (χ2v) is 8.64. The molecule has 0 amide bonds. The third-order valence-electron chi connectivity index (χ3n) is 4.27. The molecule has 0 spiro atoms. The number of Topliss-reactive ketones (excluding diaryl/α,β-unsaturated/α-hetero) is 1. The van der Waals surface area contributed by atoms with Crippen molar-refractivity contribution in [2.75, 3.05) is 20.7 Å². The van der Waals surface area contributed by atoms with Crippen LogP contribution in [0.3, 0.4) is 0 Å². The van der Waals surface area contributed by atoms with E-state index in [1.165, 1.54) is 38.0 Å². The highest BCUT2D eigenvalue weighted by molar-refractivity contribution is 7.89. The zero-order chi connectivity index (χ0) is 21.2. The summed E-state index contributed by atoms with van der Waals surface area (Å²) in [5.74, 6) is 0.525. The molecule has 0 aliphatic carbocycles. The number of nitrogens with zero attached hydrogens (tertiary/aromatic N) is 4. The second kappa shape index (κ2) is 8.18. The molecule has 3 aromatic rings. The predicted octanol–water partition coefficient (Wildman–Crippen LogP) is 1.91. The van der Waals surface area contributed by atoms with E-state index in [9.17, 15) is 13.2 Å². The van der Waals surface area contributed by atoms with Crippen LogP contribution in [0.15, 0.2) is 41.3 Å². The fourth-order valence-corrected chi connectivity index (χ4v) is 3.61. The quantitative estimate of drug-likeness (QED) is 0.515. The molecule has 29 heavy (non-hydrogen) atoms. The summed E-state index contributed by atoms with van der Waals surface area (Å²) < 4.78 is 31.5. The molecular formula is C19H22N4O5S. The highest BCUT2D eigenvalue weighted by Gasteiger charge is 2.19. The zero-order valence-electron chi connectivity index (χ0n) is 16.6. The first-order chi connectivity index (χ1) is 13.7. The highest BCUT2D eigenvalue weighted by Crippen LogP contribution is 2.22. The van der Waals surface area contributed by atoms with E-state index in [0.29, 0.717) is 34.5 Å². The Kier molecular flexibility index (Phi) is 5.85. The second-order valence-electron chi connectivity index (χ2n) is 6.49. The molecule has 0 saturated carbocycles. The van der Waals surface area contributed by atoms with Gasteiger partial charge in [0.1, 0.15) is 23.4 Å². The van der Waals surface area contributed by atoms with Crippen LogP contribution in [0.2, 0.25) is 0 Å². The minimum atomic E-state index is -3.61. The fraction of sp³-hybridized carbons (Fsp3) is 0.316. The number of rotatable bonds is 8. The summed E-state index contributed by atoms with van der Waals surface area (Å²) in [5.41, 5.74) is 2.11. The van der Waals surface area contributed by atoms with E-state index in [4.69, 9.17) is 9.57 Å². The van der Waals surface area contributed by atoms with E-state index in [1.54, 1.807) is 24.3 Å². The van der Waals surface area contributed by atoms with Crippen LogP contribution in [0.1, 0.15) is 29.8 Å². The van der Waals surface area contributed by atoms with Crippen LogP contribution in [-0.4, -0.2) is 54.4 Å². The van der Waals surface area contributed by atoms with Crippen LogP contribution in [0.25, 0.3) is 11.0 Å². The molecular weight excluding hydrogens is 396 g/mol. The molecule has 0 atom stereocenters. The molecule has 0 unspecified atom stereocenters. The number of carbonyl (C=O) groups is 1. The van der Waals surface area contributed by atoms with Crippen molar-refractivity contribution in [2.45, 2.75) is 25.3 Å². The summed E-state index contributed by atoms with van der Waals surface area (Å²) in [6, 6.07) is 9.62. The van der Waals surface area contributed by atoms with Crippen molar-refractivity contribution in [1.82, 2.24) is 19.5 Å². The van der Waals surface area contributed by atoms with Crippen molar-refractivity contribution < 1.29 is 22.8 Å². The van der Waals surface area contributed by atoms with Gasteiger partial charge in [0.15, 0.2) is 5.78 Å². The molecule has 0 bridgehead atoms. The first kappa shape index (κ1) is 20.7. The normalized spacial score (nSPS) is 11.8. The summed E-state index contributed by atoms with van der Waals surface area (Å²) in [6.07, 6.45) is 0. The van der Waals surface area contributed by atoms with Gasteiger partial charge in [-0.3, -0.25) is 4.79 Å². The molecule has 0 aliphatic rings. The molecule has 0 fully saturated rings. The number of hydrogen-bond acceptors (Lipinski definition) is 7. The van der Waals surface area contributed by atoms with Crippen molar-refractivity contribution in [3.05, 3.63) is 47.5 Å². The van der Waals surface area contributed by atoms with Crippen LogP contribution >= 0.6 is 0 Å². The maximum atomic E-state index is 12.4. The highest BCUT2D eigenvalue weighted by atomic mass is 32.2. The largest absolute Gasteiger partial charge is 0.493 e. The maximum absolute atomic E-state index is 12.4. The number of sulfonamides is 1. The Labute approximate surface area is 168 Å². The van der Waals surface area contributed by atoms with Gasteiger partial charge in [-0.2, -0.15) is 0 Å². The lowest BCUT2D eigenvalue weighted by Gasteiger charge is -2.13. The molecule has 0 radical (unpaired) electrons. The van der Waals surface area contributed by atoms with Crippen molar-refractivity contribution in [2.24, 2.45) is 0 Å². The van der Waals surface area contributed by atoms with Crippen molar-refractivity contribution in [3.8, 4) is 5.75 Å². The van der Waals surface area contributed by atoms with E-state index < -0.39 is 10.0 Å². The monoisotopic (exact) mass is 418 g/mol. The first-order valence-electron chi connectivity index (χ1n) is 8.92. The third-order valence-corrected chi connectivity index (χ3v) is 6.09. The summed E-state index contributed by atoms with van der Waals surface area (Å²) in [5, 5.41) is 7.94. The fourth-order valence-electron chi connectivity index (χ4n) is 2.68. The topological polar surface area (TPSA) is 104 Å². The van der Waals surface area contributed by atoms with Gasteiger partial charge in [-0.25, -0.2) is 12.7 Å². The van der Waals surface area contributed by atoms with E-state index in [2.05, 4.69) is 10.3 Å². The Morgan fingerprint density at radius 1 is 1.17 bits per heavy atom. The SMILES string of the molecule is CCOc1ccc(C(C)=O)cc1COn1nnc2ccc(S(=O)(=O)N(C)C)cc21. The summed E-state index contributed by atoms with van der Waals surface area (Å²) >= 11 is 0. The maximum Gasteiger partial charge on any atom is 0.242 e. The van der Waals surface area contributed by atoms with Gasteiger partial charge in [-0.15, -0.1) is 5.10 Å². The van der Waals surface area contributed by atoms with E-state index in [1.807, 2.05) is 6.92 Å². The van der Waals surface area contributed by atoms with Gasteiger partial charge >= 0.3 is 0 Å². The minimum absolute atomic E-state index is 0.0551. The zero-order valence-corrected chi connectivity index (χ0v) is 17.4. The number of hydrogen-bond donors (Lipinski definition) is 0. The van der Waals surface area contributed by atoms with E-state index in [0.717, 1.165) is 4.31 Å². The number of benzene rings is 2. The van der Waals surface area contributed by atoms with Crippen molar-refractivity contribution in [3.63, 3.8) is 0 Å². The summed E-state index contributed by atoms with van der Waals surface area (Å²) in [6.45, 7) is 3.86. The van der Waals surface area contributed by atoms with Gasteiger partial charge in [0.2, 0.25) is 10.0 Å². The van der Waals surface area contributed by atoms with Crippen LogP contribution < -0.4 is 9.57 Å². The Morgan fingerprint density at radius 3 is 2.59 bits per heavy atom. The van der Waals surface area contributed by atoms with Gasteiger partial charge in [0.05, 0.1) is 11.5 Å². The minimum Gasteiger partial charge on any atom is -0.493 e. The van der Waals surface area contributed by atoms with Gasteiger partial charge in [-0.05, 0) is 55.5 Å². The molecule has 10 heteroatoms. The van der Waals surface area contributed by atoms with E-state index in [-0.39, 0.29) is 17.3 Å². The first-order valence-corrected chi connectivity index (χ1v) is 10.4. The molecule has 9 nitrogen and oxygen atoms in total. The Morgan fingerprint density at radius 2 is 1.93 bits per heavy atom. The molecule has 1 heterocycles. The Bertz CT molecular complexity index is 1150. The number of carbonyl (C=O) groups excluding carboxylic acids is 1.